The van der Waals surface area contributed by atoms with Crippen molar-refractivity contribution in [3.8, 4) is 0 Å². The molecule has 0 bridgehead atoms. The second-order valence-electron chi connectivity index (χ2n) is 4.53. The first kappa shape index (κ1) is 18.1. The van der Waals surface area contributed by atoms with Crippen LogP contribution in [-0.4, -0.2) is 25.2 Å². The minimum Gasteiger partial charge on any atom is -0.418 e. The van der Waals surface area contributed by atoms with E-state index in [1.54, 1.807) is 0 Å². The van der Waals surface area contributed by atoms with Crippen molar-refractivity contribution in [1.29, 1.82) is 0 Å². The summed E-state index contributed by atoms with van der Waals surface area (Å²) >= 11 is 0. The molecule has 0 aromatic heterocycles. The van der Waals surface area contributed by atoms with Crippen LogP contribution in [0, 0.1) is 0 Å². The first-order valence-corrected chi connectivity index (χ1v) is 6.88. The second kappa shape index (κ2) is 10.9. The molecule has 0 saturated carbocycles. The zero-order valence-corrected chi connectivity index (χ0v) is 11.5. The van der Waals surface area contributed by atoms with Crippen molar-refractivity contribution >= 4 is 7.25 Å². The Morgan fingerprint density at radius 1 is 1.00 bits per heavy atom. The number of nitrogens with zero attached hydrogens (tertiary/aromatic N) is 1. The third-order valence-corrected chi connectivity index (χ3v) is 2.68. The summed E-state index contributed by atoms with van der Waals surface area (Å²) in [6.45, 7) is 4.60. The van der Waals surface area contributed by atoms with E-state index in [2.05, 4.69) is 36.3 Å². The maximum absolute atomic E-state index is 9.75. The maximum Gasteiger partial charge on any atom is 1.00 e. The summed E-state index contributed by atoms with van der Waals surface area (Å²) in [6, 6.07) is 0. The van der Waals surface area contributed by atoms with E-state index in [9.17, 15) is 17.3 Å². The number of hydrogen-bond donors (Lipinski definition) is 0. The Bertz CT molecular complexity index is 264. The molecule has 6 heteroatoms. The summed E-state index contributed by atoms with van der Waals surface area (Å²) in [6.07, 6.45) is 17.0. The van der Waals surface area contributed by atoms with Crippen LogP contribution in [0.25, 0.3) is 0 Å². The quantitative estimate of drug-likeness (QED) is 0.354. The first-order chi connectivity index (χ1) is 8.93. The van der Waals surface area contributed by atoms with Gasteiger partial charge in [-0.2, -0.15) is 0 Å². The second-order valence-corrected chi connectivity index (χ2v) is 4.53. The highest BCUT2D eigenvalue weighted by atomic mass is 19.5. The number of halogens is 4. The highest BCUT2D eigenvalue weighted by Crippen LogP contribution is 2.07. The van der Waals surface area contributed by atoms with Gasteiger partial charge in [-0.05, 0) is 18.7 Å². The van der Waals surface area contributed by atoms with E-state index in [1.165, 1.54) is 45.1 Å². The maximum atomic E-state index is 9.75. The SMILES string of the molecule is CCCCCCCCN1C=CC=CC1.F[B-](F)(F)F.[H+]. The van der Waals surface area contributed by atoms with E-state index < -0.39 is 7.25 Å². The van der Waals surface area contributed by atoms with Crippen molar-refractivity contribution in [2.45, 2.75) is 45.4 Å². The number of hydrogen-bond acceptors (Lipinski definition) is 1. The van der Waals surface area contributed by atoms with Crippen molar-refractivity contribution in [2.24, 2.45) is 0 Å². The molecule has 1 nitrogen and oxygen atoms in total. The molecule has 0 aliphatic carbocycles. The Labute approximate surface area is 115 Å². The van der Waals surface area contributed by atoms with Gasteiger partial charge in [0.05, 0.1) is 0 Å². The van der Waals surface area contributed by atoms with Crippen LogP contribution in [-0.2, 0) is 0 Å². The van der Waals surface area contributed by atoms with Gasteiger partial charge in [-0.3, -0.25) is 0 Å². The molecule has 0 radical (unpaired) electrons. The molecule has 1 aliphatic rings. The molecule has 1 aliphatic heterocycles. The smallest absolute Gasteiger partial charge is 0.418 e. The lowest BCUT2D eigenvalue weighted by Crippen LogP contribution is -2.19. The molecule has 19 heavy (non-hydrogen) atoms. The van der Waals surface area contributed by atoms with Crippen molar-refractivity contribution in [1.82, 2.24) is 4.90 Å². The third-order valence-electron chi connectivity index (χ3n) is 2.68. The van der Waals surface area contributed by atoms with Crippen LogP contribution in [0.15, 0.2) is 24.4 Å². The molecule has 0 atom stereocenters. The van der Waals surface area contributed by atoms with Gasteiger partial charge in [-0.15, -0.1) is 0 Å². The van der Waals surface area contributed by atoms with E-state index in [0.29, 0.717) is 0 Å². The molecule has 0 fully saturated rings. The normalized spacial score (nSPS) is 14.3. The lowest BCUT2D eigenvalue weighted by molar-refractivity contribution is 0.368. The zero-order valence-electron chi connectivity index (χ0n) is 12.5. The van der Waals surface area contributed by atoms with Gasteiger partial charge in [0.15, 0.2) is 0 Å². The van der Waals surface area contributed by atoms with E-state index >= 15 is 0 Å². The third kappa shape index (κ3) is 17.1. The Balaban J connectivity index is 0. The van der Waals surface area contributed by atoms with Crippen LogP contribution in [0.4, 0.5) is 17.3 Å². The number of unbranched alkanes of at least 4 members (excludes halogenated alkanes) is 5. The molecule has 1 rings (SSSR count). The van der Waals surface area contributed by atoms with Crippen molar-refractivity contribution in [3.05, 3.63) is 24.4 Å². The van der Waals surface area contributed by atoms with Gasteiger partial charge in [0.2, 0.25) is 0 Å². The minimum absolute atomic E-state index is 0. The van der Waals surface area contributed by atoms with E-state index in [1.807, 2.05) is 0 Å². The zero-order chi connectivity index (χ0) is 14.6. The standard InChI is InChI=1S/C13H23N.BF4/c1-2-3-4-5-6-8-11-14-12-9-7-10-13-14;2-1(3,4)5/h7,9-10,12H,2-6,8,11,13H2,1H3;/q;-1/p+1. The van der Waals surface area contributed by atoms with Crippen LogP contribution in [0.5, 0.6) is 0 Å². The minimum atomic E-state index is -6.00. The molecule has 0 amide bonds. The molecule has 0 N–H and O–H groups in total. The Kier molecular flexibility index (Phi) is 10.4. The van der Waals surface area contributed by atoms with Crippen LogP contribution < -0.4 is 0 Å². The average Bonchev–Trinajstić information content (AvgIpc) is 2.33. The molecule has 0 aromatic rings. The summed E-state index contributed by atoms with van der Waals surface area (Å²) in [7, 11) is -6.00. The fourth-order valence-corrected chi connectivity index (χ4v) is 1.77. The van der Waals surface area contributed by atoms with Crippen molar-refractivity contribution in [2.75, 3.05) is 13.1 Å². The monoisotopic (exact) mass is 281 g/mol. The number of allylic oxidation sites excluding steroid dienone is 2. The van der Waals surface area contributed by atoms with E-state index in [4.69, 9.17) is 0 Å². The molecule has 1 heterocycles. The van der Waals surface area contributed by atoms with Crippen LogP contribution >= 0.6 is 0 Å². The largest absolute Gasteiger partial charge is 1.00 e. The van der Waals surface area contributed by atoms with Gasteiger partial charge < -0.3 is 22.2 Å². The highest BCUT2D eigenvalue weighted by molar-refractivity contribution is 6.50. The van der Waals surface area contributed by atoms with Gasteiger partial charge in [-0.1, -0.05) is 51.2 Å². The Hall–Kier alpha value is -0.935. The molecular weight excluding hydrogens is 257 g/mol. The molecular formula is C13H24BF4N. The topological polar surface area (TPSA) is 3.24 Å². The van der Waals surface area contributed by atoms with Gasteiger partial charge >= 0.3 is 8.68 Å². The van der Waals surface area contributed by atoms with E-state index in [0.717, 1.165) is 6.54 Å². The lowest BCUT2D eigenvalue weighted by atomic mass is 10.1. The summed E-state index contributed by atoms with van der Waals surface area (Å²) in [5, 5.41) is 0. The van der Waals surface area contributed by atoms with Gasteiger partial charge in [0, 0.05) is 13.1 Å². The fourth-order valence-electron chi connectivity index (χ4n) is 1.77. The van der Waals surface area contributed by atoms with Crippen molar-refractivity contribution < 1.29 is 18.7 Å². The van der Waals surface area contributed by atoms with Crippen molar-refractivity contribution in [3.63, 3.8) is 0 Å². The molecule has 0 aromatic carbocycles. The molecule has 0 unspecified atom stereocenters. The summed E-state index contributed by atoms with van der Waals surface area (Å²) < 4.78 is 39.0. The predicted octanol–water partition coefficient (Wildman–Crippen LogP) is 5.14. The first-order valence-electron chi connectivity index (χ1n) is 6.88. The molecule has 112 valence electrons. The fraction of sp³-hybridized carbons (Fsp3) is 0.692. The summed E-state index contributed by atoms with van der Waals surface area (Å²) in [4.78, 5) is 2.39. The Morgan fingerprint density at radius 2 is 1.58 bits per heavy atom. The molecule has 0 spiro atoms. The lowest BCUT2D eigenvalue weighted by Gasteiger charge is -2.20. The van der Waals surface area contributed by atoms with Crippen LogP contribution in [0.2, 0.25) is 0 Å². The summed E-state index contributed by atoms with van der Waals surface area (Å²) in [5.41, 5.74) is 0. The van der Waals surface area contributed by atoms with Crippen LogP contribution in [0.3, 0.4) is 0 Å². The Morgan fingerprint density at radius 3 is 2.11 bits per heavy atom. The number of rotatable bonds is 7. The highest BCUT2D eigenvalue weighted by Gasteiger charge is 2.20. The summed E-state index contributed by atoms with van der Waals surface area (Å²) in [5.74, 6) is 0. The van der Waals surface area contributed by atoms with Gasteiger partial charge in [0.25, 0.3) is 0 Å². The van der Waals surface area contributed by atoms with Gasteiger partial charge in [0.1, 0.15) is 0 Å². The van der Waals surface area contributed by atoms with E-state index in [-0.39, 0.29) is 1.43 Å². The van der Waals surface area contributed by atoms with Gasteiger partial charge in [-0.25, -0.2) is 0 Å². The average molecular weight is 281 g/mol. The predicted molar refractivity (Wildman–Crippen MR) is 74.5 cm³/mol. The van der Waals surface area contributed by atoms with Crippen LogP contribution in [0.1, 0.15) is 46.9 Å². The molecule has 0 saturated heterocycles.